The molecule has 0 saturated carbocycles. The van der Waals surface area contributed by atoms with Gasteiger partial charge in [-0.05, 0) is 11.3 Å². The lowest BCUT2D eigenvalue weighted by atomic mass is 10.5. The minimum absolute atomic E-state index is 0.203. The van der Waals surface area contributed by atoms with Gasteiger partial charge >= 0.3 is 5.97 Å². The van der Waals surface area contributed by atoms with Crippen molar-refractivity contribution in [3.05, 3.63) is 10.4 Å². The van der Waals surface area contributed by atoms with Crippen LogP contribution in [0.1, 0.15) is 6.42 Å². The van der Waals surface area contributed by atoms with Crippen molar-refractivity contribution in [3.63, 3.8) is 0 Å². The number of azide groups is 1. The second kappa shape index (κ2) is 8.23. The summed E-state index contributed by atoms with van der Waals surface area (Å²) in [6.07, 6.45) is 0.414. The normalized spacial score (nSPS) is 8.75. The lowest BCUT2D eigenvalue weighted by molar-refractivity contribution is -0.140. The number of nitrogens with zero attached hydrogens (tertiary/aromatic N) is 3. The van der Waals surface area contributed by atoms with Gasteiger partial charge in [-0.1, -0.05) is 5.11 Å². The van der Waals surface area contributed by atoms with Crippen molar-refractivity contribution < 1.29 is 9.53 Å². The van der Waals surface area contributed by atoms with Crippen LogP contribution in [0.4, 0.5) is 0 Å². The molecule has 12 heavy (non-hydrogen) atoms. The van der Waals surface area contributed by atoms with Gasteiger partial charge in [0.05, 0.1) is 13.5 Å². The van der Waals surface area contributed by atoms with E-state index in [1.807, 2.05) is 0 Å². The Morgan fingerprint density at radius 3 is 3.00 bits per heavy atom. The van der Waals surface area contributed by atoms with Crippen LogP contribution in [-0.4, -0.2) is 31.1 Å². The molecule has 0 amide bonds. The second-order valence-corrected chi connectivity index (χ2v) is 3.12. The molecule has 68 valence electrons. The molecule has 0 atom stereocenters. The number of esters is 1. The highest BCUT2D eigenvalue weighted by atomic mass is 32.2. The van der Waals surface area contributed by atoms with Crippen LogP contribution in [-0.2, 0) is 9.53 Å². The Morgan fingerprint density at radius 2 is 2.42 bits per heavy atom. The summed E-state index contributed by atoms with van der Waals surface area (Å²) in [5.74, 6) is 1.26. The number of methoxy groups -OCH3 is 1. The first-order valence-corrected chi connectivity index (χ1v) is 4.62. The summed E-state index contributed by atoms with van der Waals surface area (Å²) in [5.41, 5.74) is 7.92. The summed E-state index contributed by atoms with van der Waals surface area (Å²) in [5, 5.41) is 3.35. The minimum Gasteiger partial charge on any atom is -0.469 e. The fraction of sp³-hybridized carbons (Fsp3) is 0.833. The molecule has 0 aromatic carbocycles. The third kappa shape index (κ3) is 7.24. The molecule has 0 radical (unpaired) electrons. The van der Waals surface area contributed by atoms with Gasteiger partial charge in [0.15, 0.2) is 0 Å². The summed E-state index contributed by atoms with van der Waals surface area (Å²) in [7, 11) is 1.37. The zero-order chi connectivity index (χ0) is 9.23. The summed E-state index contributed by atoms with van der Waals surface area (Å²) in [6, 6.07) is 0. The van der Waals surface area contributed by atoms with Crippen LogP contribution in [0.2, 0.25) is 0 Å². The van der Waals surface area contributed by atoms with Gasteiger partial charge in [0.1, 0.15) is 0 Å². The molecule has 0 N–H and O–H groups in total. The Kier molecular flexibility index (Phi) is 7.63. The van der Waals surface area contributed by atoms with Crippen molar-refractivity contribution in [3.8, 4) is 0 Å². The molecule has 0 aliphatic heterocycles. The van der Waals surface area contributed by atoms with Crippen molar-refractivity contribution in [2.24, 2.45) is 5.11 Å². The lowest BCUT2D eigenvalue weighted by Crippen LogP contribution is -2.01. The maximum atomic E-state index is 10.6. The Labute approximate surface area is 75.1 Å². The minimum atomic E-state index is -0.203. The Morgan fingerprint density at radius 1 is 1.67 bits per heavy atom. The van der Waals surface area contributed by atoms with E-state index in [1.54, 1.807) is 11.8 Å². The fourth-order valence-electron chi connectivity index (χ4n) is 0.510. The SMILES string of the molecule is COC(=O)CCSCCN=[N+]=[N-]. The second-order valence-electron chi connectivity index (χ2n) is 1.89. The summed E-state index contributed by atoms with van der Waals surface area (Å²) in [6.45, 7) is 0.475. The topological polar surface area (TPSA) is 75.1 Å². The van der Waals surface area contributed by atoms with Gasteiger partial charge in [-0.15, -0.1) is 0 Å². The average Bonchev–Trinajstić information content (AvgIpc) is 2.10. The number of hydrogen-bond donors (Lipinski definition) is 0. The number of ether oxygens (including phenoxy) is 1. The van der Waals surface area contributed by atoms with Crippen molar-refractivity contribution in [1.82, 2.24) is 0 Å². The molecule has 0 unspecified atom stereocenters. The number of thioether (sulfide) groups is 1. The van der Waals surface area contributed by atoms with Crippen molar-refractivity contribution in [2.75, 3.05) is 25.2 Å². The number of rotatable bonds is 6. The first-order chi connectivity index (χ1) is 5.81. The van der Waals surface area contributed by atoms with Gasteiger partial charge in [0.25, 0.3) is 0 Å². The highest BCUT2D eigenvalue weighted by molar-refractivity contribution is 7.99. The molecule has 0 rings (SSSR count). The van der Waals surface area contributed by atoms with Crippen molar-refractivity contribution >= 4 is 17.7 Å². The molecule has 0 aliphatic rings. The van der Waals surface area contributed by atoms with E-state index in [-0.39, 0.29) is 5.97 Å². The van der Waals surface area contributed by atoms with Crippen LogP contribution in [0.25, 0.3) is 10.4 Å². The number of hydrogen-bond acceptors (Lipinski definition) is 4. The van der Waals surface area contributed by atoms with Crippen LogP contribution in [0, 0.1) is 0 Å². The van der Waals surface area contributed by atoms with Crippen LogP contribution >= 0.6 is 11.8 Å². The maximum absolute atomic E-state index is 10.6. The van der Waals surface area contributed by atoms with Gasteiger partial charge < -0.3 is 4.74 Å². The molecule has 0 fully saturated rings. The van der Waals surface area contributed by atoms with E-state index in [1.165, 1.54) is 7.11 Å². The molecule has 0 aromatic heterocycles. The van der Waals surface area contributed by atoms with E-state index in [2.05, 4.69) is 14.8 Å². The van der Waals surface area contributed by atoms with Gasteiger partial charge in [-0.25, -0.2) is 0 Å². The number of carbonyl (C=O) groups is 1. The van der Waals surface area contributed by atoms with Crippen molar-refractivity contribution in [2.45, 2.75) is 6.42 Å². The van der Waals surface area contributed by atoms with Gasteiger partial charge in [0, 0.05) is 17.2 Å². The third-order valence-corrected chi connectivity index (χ3v) is 2.04. The molecule has 6 heteroatoms. The largest absolute Gasteiger partial charge is 0.469 e. The standard InChI is InChI=1S/C6H11N3O2S/c1-11-6(10)2-4-12-5-3-8-9-7/h2-5H2,1H3. The van der Waals surface area contributed by atoms with Crippen molar-refractivity contribution in [1.29, 1.82) is 0 Å². The quantitative estimate of drug-likeness (QED) is 0.209. The molecule has 5 nitrogen and oxygen atoms in total. The smallest absolute Gasteiger partial charge is 0.306 e. The van der Waals surface area contributed by atoms with Crippen LogP contribution in [0.15, 0.2) is 5.11 Å². The van der Waals surface area contributed by atoms with E-state index in [0.717, 1.165) is 5.75 Å². The Bertz CT molecular complexity index is 180. The monoisotopic (exact) mass is 189 g/mol. The van der Waals surface area contributed by atoms with Crippen LogP contribution in [0.3, 0.4) is 0 Å². The summed E-state index contributed by atoms with van der Waals surface area (Å²) >= 11 is 1.57. The summed E-state index contributed by atoms with van der Waals surface area (Å²) in [4.78, 5) is 13.2. The molecule has 0 aromatic rings. The van der Waals surface area contributed by atoms with E-state index in [9.17, 15) is 4.79 Å². The predicted octanol–water partition coefficient (Wildman–Crippen LogP) is 1.59. The molecule has 0 heterocycles. The highest BCUT2D eigenvalue weighted by Gasteiger charge is 1.98. The first kappa shape index (κ1) is 11.1. The molecular formula is C6H11N3O2S. The lowest BCUT2D eigenvalue weighted by Gasteiger charge is -1.97. The first-order valence-electron chi connectivity index (χ1n) is 3.46. The maximum Gasteiger partial charge on any atom is 0.306 e. The highest BCUT2D eigenvalue weighted by Crippen LogP contribution is 2.02. The molecule has 0 saturated heterocycles. The van der Waals surface area contributed by atoms with Crippen LogP contribution < -0.4 is 0 Å². The van der Waals surface area contributed by atoms with E-state index < -0.39 is 0 Å². The molecule has 0 aliphatic carbocycles. The summed E-state index contributed by atoms with van der Waals surface area (Å²) < 4.78 is 4.44. The zero-order valence-electron chi connectivity index (χ0n) is 6.89. The van der Waals surface area contributed by atoms with Gasteiger partial charge in [-0.3, -0.25) is 4.79 Å². The third-order valence-electron chi connectivity index (χ3n) is 1.08. The Balaban J connectivity index is 3.10. The van der Waals surface area contributed by atoms with Gasteiger partial charge in [-0.2, -0.15) is 11.8 Å². The molecular weight excluding hydrogens is 178 g/mol. The molecule has 0 spiro atoms. The predicted molar refractivity (Wildman–Crippen MR) is 48.0 cm³/mol. The van der Waals surface area contributed by atoms with Crippen LogP contribution in [0.5, 0.6) is 0 Å². The zero-order valence-corrected chi connectivity index (χ0v) is 7.71. The number of carbonyl (C=O) groups excluding carboxylic acids is 1. The Hall–Kier alpha value is -0.870. The fourth-order valence-corrected chi connectivity index (χ4v) is 1.24. The van der Waals surface area contributed by atoms with E-state index in [4.69, 9.17) is 5.53 Å². The van der Waals surface area contributed by atoms with Gasteiger partial charge in [0.2, 0.25) is 0 Å². The van der Waals surface area contributed by atoms with E-state index >= 15 is 0 Å². The molecule has 0 bridgehead atoms. The van der Waals surface area contributed by atoms with E-state index in [0.29, 0.717) is 18.7 Å². The average molecular weight is 189 g/mol.